The van der Waals surface area contributed by atoms with Crippen LogP contribution in [-0.2, 0) is 0 Å². The number of hydrogen-bond donors (Lipinski definition) is 2. The number of carbonyl (C=O) groups excluding carboxylic acids is 1. The Hall–Kier alpha value is -2.52. The van der Waals surface area contributed by atoms with Crippen LogP contribution in [0.3, 0.4) is 0 Å². The summed E-state index contributed by atoms with van der Waals surface area (Å²) in [6.07, 6.45) is 3.05. The van der Waals surface area contributed by atoms with Crippen molar-refractivity contribution in [3.8, 4) is 5.75 Å². The summed E-state index contributed by atoms with van der Waals surface area (Å²) in [7, 11) is 1.42. The van der Waals surface area contributed by atoms with Gasteiger partial charge in [0.2, 0.25) is 0 Å². The van der Waals surface area contributed by atoms with Crippen LogP contribution >= 0.6 is 25.1 Å². The fourth-order valence-electron chi connectivity index (χ4n) is 3.35. The highest BCUT2D eigenvalue weighted by Gasteiger charge is 2.29. The van der Waals surface area contributed by atoms with Gasteiger partial charge in [0.05, 0.1) is 16.8 Å². The van der Waals surface area contributed by atoms with Gasteiger partial charge in [-0.05, 0) is 26.8 Å². The fourth-order valence-corrected chi connectivity index (χ4v) is 3.57. The molecule has 0 saturated heterocycles. The number of nitrogens with one attached hydrogen (secondary N) is 1. The third-order valence-corrected chi connectivity index (χ3v) is 4.92. The van der Waals surface area contributed by atoms with Gasteiger partial charge in [-0.15, -0.1) is 0 Å². The lowest BCUT2D eigenvalue weighted by Gasteiger charge is -2.22. The van der Waals surface area contributed by atoms with Gasteiger partial charge in [-0.25, -0.2) is 14.4 Å². The second kappa shape index (κ2) is 9.09. The number of imidazole rings is 1. The number of fused-ring (bicyclic) bond motifs is 1. The first-order valence-electron chi connectivity index (χ1n) is 9.17. The summed E-state index contributed by atoms with van der Waals surface area (Å²) in [5.41, 5.74) is 7.74. The number of benzene rings is 1. The first kappa shape index (κ1) is 23.8. The van der Waals surface area contributed by atoms with Gasteiger partial charge in [-0.3, -0.25) is 9.20 Å². The number of hydrogen-bond acceptors (Lipinski definition) is 5. The summed E-state index contributed by atoms with van der Waals surface area (Å²) in [4.78, 5) is 21.2. The molecule has 0 radical (unpaired) electrons. The summed E-state index contributed by atoms with van der Waals surface area (Å²) in [6.45, 7) is 7.32. The molecule has 0 saturated carbocycles. The van der Waals surface area contributed by atoms with E-state index in [0.29, 0.717) is 28.4 Å². The maximum atomic E-state index is 14.8. The van der Waals surface area contributed by atoms with Crippen molar-refractivity contribution < 1.29 is 13.9 Å². The third kappa shape index (κ3) is 4.04. The molecule has 2 aromatic heterocycles. The molecule has 2 heterocycles. The van der Waals surface area contributed by atoms with Gasteiger partial charge in [0.15, 0.2) is 5.82 Å². The summed E-state index contributed by atoms with van der Waals surface area (Å²) in [5.74, 6) is -0.677. The van der Waals surface area contributed by atoms with Crippen LogP contribution in [0.25, 0.3) is 5.52 Å². The first-order valence-corrected chi connectivity index (χ1v) is 9.54. The number of carbonyl (C=O) groups is 1. The predicted octanol–water partition coefficient (Wildman–Crippen LogP) is 3.82. The molecule has 1 atom stereocenters. The van der Waals surface area contributed by atoms with E-state index >= 15 is 0 Å². The standard InChI is InChI=1S/C20H23ClFN5O2.H2S/c1-9(2)29-17-12(8-13(21)15(22)14(17)20(28)24-5)10(3)19-26-11(4)16-18(23)25-6-7-27(16)19;/h6-10H,1-5H3,(H2,23,25)(H,24,28);1H2/t10-;/m0./s1. The largest absolute Gasteiger partial charge is 0.490 e. The highest BCUT2D eigenvalue weighted by Crippen LogP contribution is 2.39. The monoisotopic (exact) mass is 453 g/mol. The SMILES string of the molecule is CNC(=O)c1c(F)c(Cl)cc([C@H](C)c2nc(C)c3c(N)nccn23)c1OC(C)C.S. The molecule has 0 unspecified atom stereocenters. The van der Waals surface area contributed by atoms with Crippen molar-refractivity contribution in [3.63, 3.8) is 0 Å². The molecular weight excluding hydrogens is 429 g/mol. The van der Waals surface area contributed by atoms with Gasteiger partial charge in [0.25, 0.3) is 5.91 Å². The van der Waals surface area contributed by atoms with Gasteiger partial charge in [0, 0.05) is 30.9 Å². The van der Waals surface area contributed by atoms with Crippen molar-refractivity contribution in [1.29, 1.82) is 0 Å². The van der Waals surface area contributed by atoms with Crippen LogP contribution in [0.1, 0.15) is 54.1 Å². The number of anilines is 1. The summed E-state index contributed by atoms with van der Waals surface area (Å²) in [5, 5.41) is 2.28. The molecule has 10 heteroatoms. The fraction of sp³-hybridized carbons (Fsp3) is 0.350. The van der Waals surface area contributed by atoms with Crippen molar-refractivity contribution in [2.24, 2.45) is 0 Å². The zero-order valence-electron chi connectivity index (χ0n) is 17.4. The lowest BCUT2D eigenvalue weighted by Crippen LogP contribution is -2.23. The molecule has 0 bridgehead atoms. The van der Waals surface area contributed by atoms with Crippen molar-refractivity contribution in [2.45, 2.75) is 39.7 Å². The van der Waals surface area contributed by atoms with Gasteiger partial charge in [-0.2, -0.15) is 13.5 Å². The number of amides is 1. The molecule has 0 aliphatic heterocycles. The molecule has 30 heavy (non-hydrogen) atoms. The van der Waals surface area contributed by atoms with Crippen molar-refractivity contribution >= 4 is 42.3 Å². The number of rotatable bonds is 5. The Morgan fingerprint density at radius 2 is 2.03 bits per heavy atom. The molecule has 0 aliphatic carbocycles. The Bertz CT molecular complexity index is 1100. The van der Waals surface area contributed by atoms with E-state index in [9.17, 15) is 9.18 Å². The Kier molecular flexibility index (Phi) is 7.20. The van der Waals surface area contributed by atoms with Gasteiger partial charge in [-0.1, -0.05) is 18.5 Å². The Balaban J connectivity index is 0.00000320. The van der Waals surface area contributed by atoms with E-state index in [2.05, 4.69) is 15.3 Å². The zero-order valence-corrected chi connectivity index (χ0v) is 19.1. The summed E-state index contributed by atoms with van der Waals surface area (Å²) in [6, 6.07) is 1.48. The molecule has 3 N–H and O–H groups in total. The van der Waals surface area contributed by atoms with E-state index in [1.54, 1.807) is 26.2 Å². The second-order valence-corrected chi connectivity index (χ2v) is 7.43. The Morgan fingerprint density at radius 3 is 2.63 bits per heavy atom. The highest BCUT2D eigenvalue weighted by molar-refractivity contribution is 7.59. The van der Waals surface area contributed by atoms with E-state index < -0.39 is 11.7 Å². The number of nitrogen functional groups attached to an aromatic ring is 1. The molecule has 162 valence electrons. The zero-order chi connectivity index (χ0) is 21.5. The van der Waals surface area contributed by atoms with Gasteiger partial charge < -0.3 is 15.8 Å². The quantitative estimate of drug-likeness (QED) is 0.612. The summed E-state index contributed by atoms with van der Waals surface area (Å²) < 4.78 is 22.5. The van der Waals surface area contributed by atoms with E-state index in [4.69, 9.17) is 22.1 Å². The molecule has 0 aliphatic rings. The molecule has 7 nitrogen and oxygen atoms in total. The number of halogens is 2. The van der Waals surface area contributed by atoms with Crippen molar-refractivity contribution in [2.75, 3.05) is 12.8 Å². The number of aromatic nitrogens is 3. The van der Waals surface area contributed by atoms with Crippen LogP contribution in [0.4, 0.5) is 10.2 Å². The van der Waals surface area contributed by atoms with Gasteiger partial charge >= 0.3 is 0 Å². The molecular formula is C20H25ClFN5O2S. The van der Waals surface area contributed by atoms with Gasteiger partial charge in [0.1, 0.15) is 28.5 Å². The number of nitrogens with two attached hydrogens (primary N) is 1. The Labute approximate surface area is 186 Å². The van der Waals surface area contributed by atoms with Crippen molar-refractivity contribution in [3.05, 3.63) is 51.9 Å². The number of aryl methyl sites for hydroxylation is 1. The minimum atomic E-state index is -0.824. The Morgan fingerprint density at radius 1 is 1.37 bits per heavy atom. The maximum absolute atomic E-state index is 14.8. The molecule has 0 fully saturated rings. The lowest BCUT2D eigenvalue weighted by molar-refractivity contribution is 0.0952. The first-order chi connectivity index (χ1) is 13.7. The molecule has 1 aromatic carbocycles. The average Bonchev–Trinajstić information content (AvgIpc) is 3.01. The second-order valence-electron chi connectivity index (χ2n) is 7.02. The van der Waals surface area contributed by atoms with Crippen LogP contribution < -0.4 is 15.8 Å². The average molecular weight is 454 g/mol. The van der Waals surface area contributed by atoms with Crippen LogP contribution in [0.5, 0.6) is 5.75 Å². The minimum Gasteiger partial charge on any atom is -0.490 e. The van der Waals surface area contributed by atoms with E-state index in [0.717, 1.165) is 0 Å². The predicted molar refractivity (Wildman–Crippen MR) is 121 cm³/mol. The van der Waals surface area contributed by atoms with Crippen molar-refractivity contribution in [1.82, 2.24) is 19.7 Å². The van der Waals surface area contributed by atoms with Crippen LogP contribution in [0.2, 0.25) is 5.02 Å². The van der Waals surface area contributed by atoms with Crippen LogP contribution in [-0.4, -0.2) is 33.4 Å². The minimum absolute atomic E-state index is 0. The van der Waals surface area contributed by atoms with E-state index in [-0.39, 0.29) is 41.9 Å². The van der Waals surface area contributed by atoms with E-state index in [1.807, 2.05) is 18.2 Å². The molecule has 3 aromatic rings. The van der Waals surface area contributed by atoms with Crippen LogP contribution in [0.15, 0.2) is 18.5 Å². The smallest absolute Gasteiger partial charge is 0.257 e. The molecule has 3 rings (SSSR count). The third-order valence-electron chi connectivity index (χ3n) is 4.65. The normalized spacial score (nSPS) is 12.0. The molecule has 0 spiro atoms. The van der Waals surface area contributed by atoms with E-state index in [1.165, 1.54) is 13.1 Å². The summed E-state index contributed by atoms with van der Waals surface area (Å²) >= 11 is 6.14. The van der Waals surface area contributed by atoms with Crippen LogP contribution in [0, 0.1) is 12.7 Å². The highest BCUT2D eigenvalue weighted by atomic mass is 35.5. The molecule has 1 amide bonds. The maximum Gasteiger partial charge on any atom is 0.257 e. The topological polar surface area (TPSA) is 94.5 Å². The lowest BCUT2D eigenvalue weighted by atomic mass is 9.95. The number of ether oxygens (including phenoxy) is 1. The number of nitrogens with zero attached hydrogens (tertiary/aromatic N) is 3.